The van der Waals surface area contributed by atoms with Crippen LogP contribution in [0, 0.1) is 35.0 Å². The Morgan fingerprint density at radius 2 is 1.65 bits per heavy atom. The van der Waals surface area contributed by atoms with Crippen LogP contribution in [0.25, 0.3) is 5.52 Å². The van der Waals surface area contributed by atoms with Crippen LogP contribution in [0.1, 0.15) is 99.6 Å². The standard InChI is InChI=1S/C37H60N7O10P/c1-9-27(10-2)18-50-34(47)25(7)17-42-55(49,43-26(8)35(48)51-19-28(11-3)12-4)52-20-31-37(22-45,54-33(46)24(5)6)16-15-36(21-38,53-31)30-14-13-29-32(39)40-23-41-44(29)30/h13-14,23-28,31,45H,9-12,15-20,22H2,1-8H3,(H2,39,40,41)(H2,42,43,49)/t25-,26+,31-,36+,37-,55?/m1/s1. The number of aliphatic hydroxyl groups excluding tert-OH is 1. The second-order valence-corrected chi connectivity index (χ2v) is 16.5. The maximum Gasteiger partial charge on any atom is 0.341 e. The van der Waals surface area contributed by atoms with Crippen molar-refractivity contribution in [2.24, 2.45) is 23.7 Å². The minimum absolute atomic E-state index is 0.0496. The van der Waals surface area contributed by atoms with Gasteiger partial charge in [-0.05, 0) is 43.7 Å². The molecule has 55 heavy (non-hydrogen) atoms. The Bertz CT molecular complexity index is 1680. The summed E-state index contributed by atoms with van der Waals surface area (Å²) in [6.07, 6.45) is 3.01. The predicted octanol–water partition coefficient (Wildman–Crippen LogP) is 4.43. The predicted molar refractivity (Wildman–Crippen MR) is 203 cm³/mol. The van der Waals surface area contributed by atoms with Crippen molar-refractivity contribution in [2.75, 3.05) is 38.7 Å². The van der Waals surface area contributed by atoms with Crippen LogP contribution in [0.3, 0.4) is 0 Å². The molecule has 5 N–H and O–H groups in total. The molecular weight excluding hydrogens is 733 g/mol. The molecule has 0 radical (unpaired) electrons. The molecule has 2 aromatic rings. The molecule has 1 unspecified atom stereocenters. The van der Waals surface area contributed by atoms with Crippen LogP contribution in [-0.2, 0) is 48.0 Å². The van der Waals surface area contributed by atoms with Crippen molar-refractivity contribution in [1.29, 1.82) is 5.26 Å². The topological polar surface area (TPSA) is 239 Å². The smallest absolute Gasteiger partial charge is 0.341 e. The Kier molecular flexibility index (Phi) is 17.0. The van der Waals surface area contributed by atoms with Gasteiger partial charge in [0.1, 0.15) is 30.1 Å². The van der Waals surface area contributed by atoms with Gasteiger partial charge in [0, 0.05) is 6.54 Å². The molecule has 18 heteroatoms. The number of hydrogen-bond donors (Lipinski definition) is 4. The normalized spacial score (nSPS) is 22.3. The highest BCUT2D eigenvalue weighted by molar-refractivity contribution is 7.54. The minimum atomic E-state index is -4.31. The second-order valence-electron chi connectivity index (χ2n) is 14.6. The van der Waals surface area contributed by atoms with Crippen molar-refractivity contribution in [3.05, 3.63) is 24.2 Å². The van der Waals surface area contributed by atoms with Crippen molar-refractivity contribution in [3.63, 3.8) is 0 Å². The minimum Gasteiger partial charge on any atom is -0.465 e. The SMILES string of the molecule is CCC(CC)COC(=O)[C@H](C)CNP(=O)(N[C@@H](C)C(=O)OCC(CC)CC)OC[C@H]1O[C@@](C#N)(c2ccc3c(N)ncnn23)CC[C@]1(CO)OC(=O)C(C)C. The van der Waals surface area contributed by atoms with Crippen LogP contribution >= 0.6 is 7.67 Å². The van der Waals surface area contributed by atoms with Crippen LogP contribution in [0.5, 0.6) is 0 Å². The number of ether oxygens (including phenoxy) is 4. The number of carbonyl (C=O) groups excluding carboxylic acids is 3. The summed E-state index contributed by atoms with van der Waals surface area (Å²) < 4.78 is 45.6. The van der Waals surface area contributed by atoms with E-state index in [1.54, 1.807) is 32.9 Å². The molecule has 0 aliphatic carbocycles. The third-order valence-electron chi connectivity index (χ3n) is 10.3. The monoisotopic (exact) mass is 793 g/mol. The number of nitriles is 1. The van der Waals surface area contributed by atoms with E-state index < -0.39 is 74.0 Å². The van der Waals surface area contributed by atoms with Gasteiger partial charge in [-0.3, -0.25) is 18.9 Å². The van der Waals surface area contributed by atoms with Gasteiger partial charge in [0.25, 0.3) is 0 Å². The molecular formula is C37H60N7O10P. The Morgan fingerprint density at radius 3 is 2.22 bits per heavy atom. The summed E-state index contributed by atoms with van der Waals surface area (Å²) >= 11 is 0. The number of nitrogens with two attached hydrogens (primary N) is 1. The number of aromatic nitrogens is 3. The molecule has 6 atom stereocenters. The number of rotatable bonds is 22. The van der Waals surface area contributed by atoms with E-state index in [-0.39, 0.29) is 50.3 Å². The van der Waals surface area contributed by atoms with E-state index in [2.05, 4.69) is 26.3 Å². The van der Waals surface area contributed by atoms with E-state index in [9.17, 15) is 29.3 Å². The summed E-state index contributed by atoms with van der Waals surface area (Å²) in [5, 5.41) is 31.3. The highest BCUT2D eigenvalue weighted by atomic mass is 31.2. The van der Waals surface area contributed by atoms with Gasteiger partial charge in [0.15, 0.2) is 17.0 Å². The molecule has 0 aromatic carbocycles. The molecule has 0 bridgehead atoms. The first-order valence-electron chi connectivity index (χ1n) is 19.2. The fraction of sp³-hybridized carbons (Fsp3) is 0.730. The molecule has 3 rings (SSSR count). The number of hydrogen-bond acceptors (Lipinski definition) is 14. The zero-order chi connectivity index (χ0) is 41.0. The lowest BCUT2D eigenvalue weighted by atomic mass is 9.80. The van der Waals surface area contributed by atoms with Gasteiger partial charge < -0.3 is 34.3 Å². The maximum absolute atomic E-state index is 14.7. The number of anilines is 1. The van der Waals surface area contributed by atoms with Gasteiger partial charge >= 0.3 is 25.6 Å². The molecule has 1 saturated heterocycles. The first-order valence-corrected chi connectivity index (χ1v) is 20.8. The van der Waals surface area contributed by atoms with Crippen molar-refractivity contribution < 1.29 is 47.5 Å². The van der Waals surface area contributed by atoms with Gasteiger partial charge in [0.05, 0.1) is 44.0 Å². The average molecular weight is 794 g/mol. The summed E-state index contributed by atoms with van der Waals surface area (Å²) in [6.45, 7) is 13.2. The van der Waals surface area contributed by atoms with Crippen LogP contribution in [-0.4, -0.2) is 88.3 Å². The summed E-state index contributed by atoms with van der Waals surface area (Å²) in [5.74, 6) is -2.68. The lowest BCUT2D eigenvalue weighted by molar-refractivity contribution is -0.242. The van der Waals surface area contributed by atoms with E-state index in [1.807, 2.05) is 27.7 Å². The summed E-state index contributed by atoms with van der Waals surface area (Å²) in [4.78, 5) is 43.1. The maximum atomic E-state index is 14.7. The number of carbonyl (C=O) groups is 3. The van der Waals surface area contributed by atoms with Crippen molar-refractivity contribution in [1.82, 2.24) is 24.8 Å². The van der Waals surface area contributed by atoms with Gasteiger partial charge in [0.2, 0.25) is 0 Å². The highest BCUT2D eigenvalue weighted by Gasteiger charge is 2.55. The van der Waals surface area contributed by atoms with E-state index in [0.29, 0.717) is 11.2 Å². The lowest BCUT2D eigenvalue weighted by Crippen LogP contribution is -2.60. The molecule has 0 spiro atoms. The zero-order valence-electron chi connectivity index (χ0n) is 33.4. The molecule has 308 valence electrons. The molecule has 0 saturated carbocycles. The molecule has 0 amide bonds. The first kappa shape index (κ1) is 45.7. The number of fused-ring (bicyclic) bond motifs is 1. The summed E-state index contributed by atoms with van der Waals surface area (Å²) in [5.41, 5.74) is 3.31. The van der Waals surface area contributed by atoms with Gasteiger partial charge in [-0.2, -0.15) is 10.4 Å². The molecule has 2 aromatic heterocycles. The second kappa shape index (κ2) is 20.5. The lowest BCUT2D eigenvalue weighted by Gasteiger charge is -2.47. The zero-order valence-corrected chi connectivity index (χ0v) is 34.3. The summed E-state index contributed by atoms with van der Waals surface area (Å²) in [7, 11) is -4.31. The van der Waals surface area contributed by atoms with Crippen molar-refractivity contribution in [3.8, 4) is 6.07 Å². The summed E-state index contributed by atoms with van der Waals surface area (Å²) in [6, 6.07) is 4.32. The van der Waals surface area contributed by atoms with Crippen molar-refractivity contribution >= 4 is 36.9 Å². The number of esters is 3. The molecule has 1 aliphatic rings. The quantitative estimate of drug-likeness (QED) is 0.0733. The Balaban J connectivity index is 1.97. The Morgan fingerprint density at radius 1 is 1.04 bits per heavy atom. The average Bonchev–Trinajstić information content (AvgIpc) is 3.63. The van der Waals surface area contributed by atoms with Crippen LogP contribution in [0.4, 0.5) is 5.82 Å². The van der Waals surface area contributed by atoms with Crippen LogP contribution in [0.2, 0.25) is 0 Å². The number of nitrogens with one attached hydrogen (secondary N) is 2. The van der Waals surface area contributed by atoms with Gasteiger partial charge in [-0.15, -0.1) is 0 Å². The van der Waals surface area contributed by atoms with E-state index in [0.717, 1.165) is 25.7 Å². The number of nitrogen functional groups attached to an aromatic ring is 1. The third-order valence-corrected chi connectivity index (χ3v) is 12.2. The fourth-order valence-corrected chi connectivity index (χ4v) is 7.78. The molecule has 1 aliphatic heterocycles. The highest BCUT2D eigenvalue weighted by Crippen LogP contribution is 2.46. The van der Waals surface area contributed by atoms with Gasteiger partial charge in [-0.1, -0.05) is 74.1 Å². The number of nitrogens with zero attached hydrogens (tertiary/aromatic N) is 4. The Labute approximate surface area is 323 Å². The largest absolute Gasteiger partial charge is 0.465 e. The van der Waals surface area contributed by atoms with E-state index in [4.69, 9.17) is 29.2 Å². The van der Waals surface area contributed by atoms with Crippen molar-refractivity contribution in [2.45, 2.75) is 117 Å². The van der Waals surface area contributed by atoms with Crippen LogP contribution < -0.4 is 15.9 Å². The molecule has 1 fully saturated rings. The molecule has 3 heterocycles. The van der Waals surface area contributed by atoms with E-state index in [1.165, 1.54) is 17.8 Å². The van der Waals surface area contributed by atoms with Crippen LogP contribution in [0.15, 0.2) is 18.5 Å². The first-order chi connectivity index (χ1) is 26.1. The van der Waals surface area contributed by atoms with E-state index >= 15 is 0 Å². The van der Waals surface area contributed by atoms with Gasteiger partial charge in [-0.25, -0.2) is 19.7 Å². The fourth-order valence-electron chi connectivity index (χ4n) is 6.04. The Hall–Kier alpha value is -3.65. The third kappa shape index (κ3) is 11.5. The number of aliphatic hydroxyl groups is 1. The molecule has 17 nitrogen and oxygen atoms in total.